The molecular weight excluding hydrogens is 364 g/mol. The van der Waals surface area contributed by atoms with Gasteiger partial charge in [0, 0.05) is 12.1 Å². The number of benzene rings is 2. The molecule has 0 radical (unpaired) electrons. The number of hydrogen-bond donors (Lipinski definition) is 3. The van der Waals surface area contributed by atoms with E-state index >= 15 is 0 Å². The Morgan fingerprint density at radius 1 is 1.30 bits per heavy atom. The van der Waals surface area contributed by atoms with Crippen molar-refractivity contribution in [3.8, 4) is 5.75 Å². The maximum atomic E-state index is 12.2. The highest BCUT2D eigenvalue weighted by atomic mass is 32.2. The fourth-order valence-electron chi connectivity index (χ4n) is 2.42. The van der Waals surface area contributed by atoms with Crippen molar-refractivity contribution in [2.75, 3.05) is 5.32 Å². The number of thioether (sulfide) groups is 1. The summed E-state index contributed by atoms with van der Waals surface area (Å²) < 4.78 is 0. The van der Waals surface area contributed by atoms with Gasteiger partial charge in [0.2, 0.25) is 11.8 Å². The molecule has 0 spiro atoms. The largest absolute Gasteiger partial charge is 0.508 e. The van der Waals surface area contributed by atoms with Crippen molar-refractivity contribution in [3.63, 3.8) is 0 Å². The van der Waals surface area contributed by atoms with Crippen LogP contribution in [0.25, 0.3) is 0 Å². The predicted octanol–water partition coefficient (Wildman–Crippen LogP) is 2.65. The highest BCUT2D eigenvalue weighted by Gasteiger charge is 2.32. The van der Waals surface area contributed by atoms with Crippen LogP contribution in [0.2, 0.25) is 0 Å². The number of phenols is 1. The third kappa shape index (κ3) is 5.18. The SMILES string of the molecule is Cc1ccccc1NC(=O)CC1S/C(=N/N=C/c2cccc(O)c2)NC1=O. The summed E-state index contributed by atoms with van der Waals surface area (Å²) in [4.78, 5) is 24.2. The fourth-order valence-corrected chi connectivity index (χ4v) is 3.35. The molecule has 1 atom stereocenters. The summed E-state index contributed by atoms with van der Waals surface area (Å²) in [5, 5.41) is 22.5. The number of phenolic OH excluding ortho intramolecular Hbond substituents is 1. The quantitative estimate of drug-likeness (QED) is 0.546. The summed E-state index contributed by atoms with van der Waals surface area (Å²) >= 11 is 1.17. The van der Waals surface area contributed by atoms with Gasteiger partial charge in [0.05, 0.1) is 6.21 Å². The van der Waals surface area contributed by atoms with Crippen molar-refractivity contribution in [3.05, 3.63) is 59.7 Å². The van der Waals surface area contributed by atoms with Gasteiger partial charge >= 0.3 is 0 Å². The average molecular weight is 382 g/mol. The number of para-hydroxylation sites is 1. The molecule has 2 amide bonds. The Morgan fingerprint density at radius 3 is 2.89 bits per heavy atom. The second kappa shape index (κ2) is 8.50. The van der Waals surface area contributed by atoms with Crippen LogP contribution in [0, 0.1) is 6.92 Å². The highest BCUT2D eigenvalue weighted by molar-refractivity contribution is 8.15. The summed E-state index contributed by atoms with van der Waals surface area (Å²) in [5.41, 5.74) is 2.37. The van der Waals surface area contributed by atoms with Crippen LogP contribution in [0.4, 0.5) is 5.69 Å². The molecule has 27 heavy (non-hydrogen) atoms. The van der Waals surface area contributed by atoms with E-state index in [1.807, 2.05) is 31.2 Å². The number of aromatic hydroxyl groups is 1. The van der Waals surface area contributed by atoms with Crippen molar-refractivity contribution in [2.45, 2.75) is 18.6 Å². The lowest BCUT2D eigenvalue weighted by Crippen LogP contribution is -2.28. The first kappa shape index (κ1) is 18.7. The molecule has 0 aromatic heterocycles. The standard InChI is InChI=1S/C19H18N4O3S/c1-12-5-2-3-8-15(12)21-17(25)10-16-18(26)22-19(27-16)23-20-11-13-6-4-7-14(24)9-13/h2-9,11,16,24H,10H2,1H3,(H,21,25)(H,22,23,26)/b20-11+. The van der Waals surface area contributed by atoms with Gasteiger partial charge in [-0.15, -0.1) is 5.10 Å². The number of amides is 2. The summed E-state index contributed by atoms with van der Waals surface area (Å²) in [7, 11) is 0. The molecule has 2 aromatic rings. The van der Waals surface area contributed by atoms with E-state index in [0.29, 0.717) is 10.7 Å². The van der Waals surface area contributed by atoms with Gasteiger partial charge in [0.25, 0.3) is 0 Å². The van der Waals surface area contributed by atoms with Crippen molar-refractivity contribution in [1.82, 2.24) is 5.32 Å². The minimum Gasteiger partial charge on any atom is -0.508 e. The molecule has 0 bridgehead atoms. The molecule has 1 aliphatic heterocycles. The number of nitrogens with zero attached hydrogens (tertiary/aromatic N) is 2. The normalized spacial score (nSPS) is 18.0. The Kier molecular flexibility index (Phi) is 5.87. The Balaban J connectivity index is 1.57. The van der Waals surface area contributed by atoms with E-state index in [9.17, 15) is 14.7 Å². The maximum absolute atomic E-state index is 12.2. The van der Waals surface area contributed by atoms with Crippen molar-refractivity contribution in [1.29, 1.82) is 0 Å². The van der Waals surface area contributed by atoms with Gasteiger partial charge in [-0.05, 0) is 36.2 Å². The molecule has 1 unspecified atom stereocenters. The summed E-state index contributed by atoms with van der Waals surface area (Å²) in [6.45, 7) is 1.90. The number of anilines is 1. The van der Waals surface area contributed by atoms with Gasteiger partial charge < -0.3 is 15.7 Å². The number of carbonyl (C=O) groups is 2. The van der Waals surface area contributed by atoms with Gasteiger partial charge in [0.1, 0.15) is 11.0 Å². The molecule has 8 heteroatoms. The zero-order chi connectivity index (χ0) is 19.2. The van der Waals surface area contributed by atoms with E-state index < -0.39 is 5.25 Å². The number of nitrogens with one attached hydrogen (secondary N) is 2. The lowest BCUT2D eigenvalue weighted by Gasteiger charge is -2.09. The van der Waals surface area contributed by atoms with Crippen LogP contribution in [0.1, 0.15) is 17.5 Å². The van der Waals surface area contributed by atoms with E-state index in [1.165, 1.54) is 18.0 Å². The smallest absolute Gasteiger partial charge is 0.240 e. The first-order valence-electron chi connectivity index (χ1n) is 8.24. The Bertz CT molecular complexity index is 927. The molecule has 1 fully saturated rings. The summed E-state index contributed by atoms with van der Waals surface area (Å²) in [6, 6.07) is 14.0. The molecule has 0 saturated carbocycles. The van der Waals surface area contributed by atoms with Crippen LogP contribution >= 0.6 is 11.8 Å². The molecule has 7 nitrogen and oxygen atoms in total. The molecular formula is C19H18N4O3S. The van der Waals surface area contributed by atoms with E-state index in [4.69, 9.17) is 0 Å². The zero-order valence-electron chi connectivity index (χ0n) is 14.5. The molecule has 1 aliphatic rings. The van der Waals surface area contributed by atoms with Crippen LogP contribution in [0.15, 0.2) is 58.7 Å². The molecule has 3 N–H and O–H groups in total. The third-order valence-electron chi connectivity index (χ3n) is 3.79. The highest BCUT2D eigenvalue weighted by Crippen LogP contribution is 2.23. The van der Waals surface area contributed by atoms with Gasteiger partial charge in [-0.3, -0.25) is 9.59 Å². The third-order valence-corrected chi connectivity index (χ3v) is 4.86. The Morgan fingerprint density at radius 2 is 2.11 bits per heavy atom. The van der Waals surface area contributed by atoms with Crippen molar-refractivity contribution < 1.29 is 14.7 Å². The molecule has 1 saturated heterocycles. The van der Waals surface area contributed by atoms with Crippen LogP contribution in [0.5, 0.6) is 5.75 Å². The number of aryl methyl sites for hydroxylation is 1. The molecule has 3 rings (SSSR count). The molecule has 1 heterocycles. The fraction of sp³-hybridized carbons (Fsp3) is 0.158. The number of rotatable bonds is 5. The van der Waals surface area contributed by atoms with E-state index in [-0.39, 0.29) is 24.0 Å². The number of hydrogen-bond acceptors (Lipinski definition) is 6. The summed E-state index contributed by atoms with van der Waals surface area (Å²) in [6.07, 6.45) is 1.51. The van der Waals surface area contributed by atoms with Crippen LogP contribution < -0.4 is 10.6 Å². The first-order valence-corrected chi connectivity index (χ1v) is 9.12. The topological polar surface area (TPSA) is 103 Å². The molecule has 0 aliphatic carbocycles. The minimum absolute atomic E-state index is 0.0418. The van der Waals surface area contributed by atoms with E-state index in [1.54, 1.807) is 24.3 Å². The number of amidine groups is 1. The van der Waals surface area contributed by atoms with Crippen molar-refractivity contribution >= 4 is 40.6 Å². The van der Waals surface area contributed by atoms with Gasteiger partial charge in [-0.25, -0.2) is 0 Å². The monoisotopic (exact) mass is 382 g/mol. The average Bonchev–Trinajstić information content (AvgIpc) is 2.96. The minimum atomic E-state index is -0.552. The number of carbonyl (C=O) groups excluding carboxylic acids is 2. The first-order chi connectivity index (χ1) is 13.0. The Hall–Kier alpha value is -3.13. The maximum Gasteiger partial charge on any atom is 0.240 e. The summed E-state index contributed by atoms with van der Waals surface area (Å²) in [5.74, 6) is -0.373. The van der Waals surface area contributed by atoms with Crippen LogP contribution in [-0.2, 0) is 9.59 Å². The van der Waals surface area contributed by atoms with Crippen molar-refractivity contribution in [2.24, 2.45) is 10.2 Å². The zero-order valence-corrected chi connectivity index (χ0v) is 15.4. The Labute approximate surface area is 160 Å². The molecule has 2 aromatic carbocycles. The predicted molar refractivity (Wildman–Crippen MR) is 107 cm³/mol. The lowest BCUT2D eigenvalue weighted by molar-refractivity contribution is -0.122. The second-order valence-corrected chi connectivity index (χ2v) is 7.10. The van der Waals surface area contributed by atoms with Crippen LogP contribution in [-0.4, -0.2) is 33.6 Å². The van der Waals surface area contributed by atoms with E-state index in [0.717, 1.165) is 11.3 Å². The van der Waals surface area contributed by atoms with Gasteiger partial charge in [-0.1, -0.05) is 42.1 Å². The molecule has 138 valence electrons. The van der Waals surface area contributed by atoms with Gasteiger partial charge in [-0.2, -0.15) is 5.10 Å². The van der Waals surface area contributed by atoms with Crippen LogP contribution in [0.3, 0.4) is 0 Å². The lowest BCUT2D eigenvalue weighted by atomic mass is 10.2. The second-order valence-electron chi connectivity index (χ2n) is 5.91. The van der Waals surface area contributed by atoms with Gasteiger partial charge in [0.15, 0.2) is 5.17 Å². The van der Waals surface area contributed by atoms with E-state index in [2.05, 4.69) is 20.8 Å².